The molecule has 0 radical (unpaired) electrons. The topological polar surface area (TPSA) is 92.1 Å². The van der Waals surface area contributed by atoms with E-state index in [9.17, 15) is 18.8 Å². The monoisotopic (exact) mass is 385 g/mol. The number of nitrogens with one attached hydrogen (secondary N) is 1. The molecule has 1 N–H and O–H groups in total. The number of morpholine rings is 1. The van der Waals surface area contributed by atoms with Crippen LogP contribution in [-0.2, 0) is 14.3 Å². The van der Waals surface area contributed by atoms with Gasteiger partial charge in [0.2, 0.25) is 0 Å². The Hall–Kier alpha value is -3.46. The number of nitrogens with zero attached hydrogens (tertiary/aromatic N) is 2. The van der Waals surface area contributed by atoms with Crippen LogP contribution >= 0.6 is 0 Å². The van der Waals surface area contributed by atoms with Crippen LogP contribution in [0.15, 0.2) is 46.4 Å². The van der Waals surface area contributed by atoms with Gasteiger partial charge in [-0.3, -0.25) is 14.9 Å². The van der Waals surface area contributed by atoms with Crippen molar-refractivity contribution >= 4 is 35.5 Å². The first-order valence-corrected chi connectivity index (χ1v) is 8.62. The quantitative estimate of drug-likeness (QED) is 0.641. The first kappa shape index (κ1) is 17.9. The standard InChI is InChI=1S/C19H16FN3O5/c20-12-2-1-3-13(10-12)23-18(25)15(17(24)21-19(23)26)11-14-4-5-16(28-14)22-6-8-27-9-7-22/h1-5,10-11H,6-9H2,(H,21,24,26)/b15-11-. The average Bonchev–Trinajstić information content (AvgIpc) is 3.14. The molecular formula is C19H16FN3O5. The van der Waals surface area contributed by atoms with Gasteiger partial charge in [0, 0.05) is 19.2 Å². The minimum atomic E-state index is -0.939. The summed E-state index contributed by atoms with van der Waals surface area (Å²) in [6.07, 6.45) is 1.26. The van der Waals surface area contributed by atoms with Crippen molar-refractivity contribution in [2.75, 3.05) is 36.1 Å². The lowest BCUT2D eigenvalue weighted by Gasteiger charge is -2.26. The zero-order valence-corrected chi connectivity index (χ0v) is 14.7. The lowest BCUT2D eigenvalue weighted by molar-refractivity contribution is -0.122. The van der Waals surface area contributed by atoms with Crippen molar-refractivity contribution in [2.24, 2.45) is 0 Å². The molecule has 2 aliphatic heterocycles. The van der Waals surface area contributed by atoms with Gasteiger partial charge < -0.3 is 14.1 Å². The van der Waals surface area contributed by atoms with Crippen molar-refractivity contribution in [3.63, 3.8) is 0 Å². The third-order valence-corrected chi connectivity index (χ3v) is 4.39. The lowest BCUT2D eigenvalue weighted by Crippen LogP contribution is -2.54. The van der Waals surface area contributed by atoms with Crippen molar-refractivity contribution < 1.29 is 27.9 Å². The molecule has 0 saturated carbocycles. The predicted molar refractivity (Wildman–Crippen MR) is 97.1 cm³/mol. The Balaban J connectivity index is 1.63. The summed E-state index contributed by atoms with van der Waals surface area (Å²) in [4.78, 5) is 39.7. The van der Waals surface area contributed by atoms with E-state index in [-0.39, 0.29) is 17.0 Å². The number of hydrogen-bond donors (Lipinski definition) is 1. The molecule has 2 saturated heterocycles. The van der Waals surface area contributed by atoms with Gasteiger partial charge in [0.05, 0.1) is 18.9 Å². The number of furan rings is 1. The summed E-state index contributed by atoms with van der Waals surface area (Å²) in [5.74, 6) is -1.43. The molecule has 2 aliphatic rings. The number of hydrogen-bond acceptors (Lipinski definition) is 6. The first-order chi connectivity index (χ1) is 13.5. The van der Waals surface area contributed by atoms with Crippen molar-refractivity contribution in [3.8, 4) is 0 Å². The lowest BCUT2D eigenvalue weighted by atomic mass is 10.1. The molecule has 28 heavy (non-hydrogen) atoms. The Bertz CT molecular complexity index is 977. The minimum absolute atomic E-state index is 0.0225. The molecule has 0 bridgehead atoms. The minimum Gasteiger partial charge on any atom is -0.441 e. The molecule has 0 atom stereocenters. The third kappa shape index (κ3) is 3.39. The number of halogens is 1. The van der Waals surface area contributed by atoms with E-state index in [0.717, 1.165) is 6.07 Å². The predicted octanol–water partition coefficient (Wildman–Crippen LogP) is 1.92. The molecule has 2 aromatic rings. The van der Waals surface area contributed by atoms with Crippen LogP contribution in [0.1, 0.15) is 5.76 Å². The molecule has 4 rings (SSSR count). The van der Waals surface area contributed by atoms with Gasteiger partial charge in [-0.15, -0.1) is 0 Å². The van der Waals surface area contributed by atoms with E-state index >= 15 is 0 Å². The molecule has 1 aromatic heterocycles. The molecule has 3 heterocycles. The van der Waals surface area contributed by atoms with E-state index in [1.165, 1.54) is 24.3 Å². The third-order valence-electron chi connectivity index (χ3n) is 4.39. The zero-order valence-electron chi connectivity index (χ0n) is 14.7. The van der Waals surface area contributed by atoms with Crippen LogP contribution in [0.5, 0.6) is 0 Å². The highest BCUT2D eigenvalue weighted by atomic mass is 19.1. The van der Waals surface area contributed by atoms with Crippen LogP contribution < -0.4 is 15.1 Å². The summed E-state index contributed by atoms with van der Waals surface area (Å²) < 4.78 is 24.5. The number of urea groups is 1. The second-order valence-electron chi connectivity index (χ2n) is 6.21. The van der Waals surface area contributed by atoms with Crippen molar-refractivity contribution in [1.29, 1.82) is 0 Å². The molecule has 4 amide bonds. The number of amides is 4. The molecule has 0 aliphatic carbocycles. The van der Waals surface area contributed by atoms with Crippen LogP contribution in [0.2, 0.25) is 0 Å². The molecule has 0 unspecified atom stereocenters. The van der Waals surface area contributed by atoms with Crippen LogP contribution in [0.3, 0.4) is 0 Å². The second kappa shape index (κ2) is 7.28. The Morgan fingerprint density at radius 1 is 1.07 bits per heavy atom. The molecule has 2 fully saturated rings. The molecule has 0 spiro atoms. The Labute approximate surface area is 159 Å². The first-order valence-electron chi connectivity index (χ1n) is 8.62. The van der Waals surface area contributed by atoms with E-state index in [4.69, 9.17) is 9.15 Å². The maximum Gasteiger partial charge on any atom is 0.335 e. The van der Waals surface area contributed by atoms with Gasteiger partial charge in [-0.25, -0.2) is 14.1 Å². The van der Waals surface area contributed by atoms with Crippen molar-refractivity contribution in [3.05, 3.63) is 53.5 Å². The van der Waals surface area contributed by atoms with E-state index < -0.39 is 23.7 Å². The number of barbiturate groups is 1. The normalized spacial score (nSPS) is 19.3. The summed E-state index contributed by atoms with van der Waals surface area (Å²) in [6, 6.07) is 7.41. The fraction of sp³-hybridized carbons (Fsp3) is 0.211. The van der Waals surface area contributed by atoms with Gasteiger partial charge >= 0.3 is 6.03 Å². The van der Waals surface area contributed by atoms with Crippen LogP contribution in [0.25, 0.3) is 6.08 Å². The number of rotatable bonds is 3. The van der Waals surface area contributed by atoms with Gasteiger partial charge in [0.25, 0.3) is 11.8 Å². The van der Waals surface area contributed by atoms with E-state index in [2.05, 4.69) is 5.32 Å². The van der Waals surface area contributed by atoms with Gasteiger partial charge in [-0.05, 0) is 30.3 Å². The van der Waals surface area contributed by atoms with E-state index in [0.29, 0.717) is 37.1 Å². The molecule has 9 heteroatoms. The smallest absolute Gasteiger partial charge is 0.335 e. The number of carbonyl (C=O) groups is 3. The summed E-state index contributed by atoms with van der Waals surface area (Å²) in [5, 5.41) is 2.09. The van der Waals surface area contributed by atoms with E-state index in [1.807, 2.05) is 4.90 Å². The number of ether oxygens (including phenoxy) is 1. The maximum atomic E-state index is 13.5. The Morgan fingerprint density at radius 2 is 1.86 bits per heavy atom. The fourth-order valence-corrected chi connectivity index (χ4v) is 3.02. The highest BCUT2D eigenvalue weighted by Gasteiger charge is 2.37. The molecule has 144 valence electrons. The Morgan fingerprint density at radius 3 is 2.61 bits per heavy atom. The summed E-state index contributed by atoms with van der Waals surface area (Å²) in [7, 11) is 0. The molecular weight excluding hydrogens is 369 g/mol. The summed E-state index contributed by atoms with van der Waals surface area (Å²) in [5.41, 5.74) is -0.263. The average molecular weight is 385 g/mol. The molecule has 8 nitrogen and oxygen atoms in total. The zero-order chi connectivity index (χ0) is 19.7. The summed E-state index contributed by atoms with van der Waals surface area (Å²) >= 11 is 0. The van der Waals surface area contributed by atoms with Crippen molar-refractivity contribution in [2.45, 2.75) is 0 Å². The van der Waals surface area contributed by atoms with Crippen LogP contribution in [0, 0.1) is 5.82 Å². The maximum absolute atomic E-state index is 13.5. The van der Waals surface area contributed by atoms with Gasteiger partial charge in [0.15, 0.2) is 5.88 Å². The van der Waals surface area contributed by atoms with Crippen molar-refractivity contribution in [1.82, 2.24) is 5.32 Å². The van der Waals surface area contributed by atoms with Gasteiger partial charge in [0.1, 0.15) is 17.2 Å². The number of carbonyl (C=O) groups excluding carboxylic acids is 3. The number of benzene rings is 1. The number of imide groups is 2. The van der Waals surface area contributed by atoms with Crippen LogP contribution in [-0.4, -0.2) is 44.1 Å². The van der Waals surface area contributed by atoms with Crippen LogP contribution in [0.4, 0.5) is 20.8 Å². The second-order valence-corrected chi connectivity index (χ2v) is 6.21. The highest BCUT2D eigenvalue weighted by Crippen LogP contribution is 2.25. The number of anilines is 2. The largest absolute Gasteiger partial charge is 0.441 e. The highest BCUT2D eigenvalue weighted by molar-refractivity contribution is 6.39. The fourth-order valence-electron chi connectivity index (χ4n) is 3.02. The van der Waals surface area contributed by atoms with Gasteiger partial charge in [-0.1, -0.05) is 6.07 Å². The Kier molecular flexibility index (Phi) is 4.66. The SMILES string of the molecule is O=C1NC(=O)N(c2cccc(F)c2)C(=O)/C1=C\c1ccc(N2CCOCC2)o1. The summed E-state index contributed by atoms with van der Waals surface area (Å²) in [6.45, 7) is 2.51. The van der Waals surface area contributed by atoms with Gasteiger partial charge in [-0.2, -0.15) is 0 Å². The molecule has 1 aromatic carbocycles. The van der Waals surface area contributed by atoms with E-state index in [1.54, 1.807) is 12.1 Å².